The Morgan fingerprint density at radius 2 is 1.88 bits per heavy atom. The third-order valence-corrected chi connectivity index (χ3v) is 8.42. The van der Waals surface area contributed by atoms with E-state index in [0.717, 1.165) is 35.2 Å². The SMILES string of the molecule is Cc1nc2c(cc(C(=O)N3CCc4ccccc43)n2C)c(-c2cc(F)c3c(c2C)CCCO3)c1[C@H](OC(C)(C)C)C(=O)O. The Bertz CT molecular complexity index is 1800. The van der Waals surface area contributed by atoms with Crippen LogP contribution in [0.3, 0.4) is 0 Å². The summed E-state index contributed by atoms with van der Waals surface area (Å²) in [5.41, 5.74) is 5.46. The summed E-state index contributed by atoms with van der Waals surface area (Å²) in [6.07, 6.45) is 0.771. The van der Waals surface area contributed by atoms with Gasteiger partial charge in [-0.25, -0.2) is 14.2 Å². The molecule has 0 bridgehead atoms. The molecule has 0 unspecified atom stereocenters. The predicted molar refractivity (Wildman–Crippen MR) is 162 cm³/mol. The molecule has 1 atom stereocenters. The van der Waals surface area contributed by atoms with Gasteiger partial charge >= 0.3 is 5.97 Å². The Kier molecular flexibility index (Phi) is 7.04. The minimum Gasteiger partial charge on any atom is -0.490 e. The maximum atomic E-state index is 15.7. The van der Waals surface area contributed by atoms with E-state index in [4.69, 9.17) is 14.5 Å². The molecule has 0 saturated carbocycles. The molecule has 224 valence electrons. The van der Waals surface area contributed by atoms with Crippen LogP contribution in [-0.4, -0.2) is 45.3 Å². The van der Waals surface area contributed by atoms with Gasteiger partial charge in [0.25, 0.3) is 5.91 Å². The summed E-state index contributed by atoms with van der Waals surface area (Å²) >= 11 is 0. The molecule has 4 heterocycles. The number of carbonyl (C=O) groups excluding carboxylic acids is 1. The highest BCUT2D eigenvalue weighted by Crippen LogP contribution is 2.45. The number of halogens is 1. The molecule has 2 aliphatic rings. The number of hydrogen-bond acceptors (Lipinski definition) is 5. The number of carboxylic acid groups (broad SMARTS) is 1. The fourth-order valence-electron chi connectivity index (χ4n) is 6.46. The van der Waals surface area contributed by atoms with Crippen molar-refractivity contribution in [2.45, 2.75) is 65.6 Å². The lowest BCUT2D eigenvalue weighted by Gasteiger charge is -2.29. The molecular formula is C34H36FN3O5. The van der Waals surface area contributed by atoms with Crippen LogP contribution >= 0.6 is 0 Å². The maximum Gasteiger partial charge on any atom is 0.337 e. The van der Waals surface area contributed by atoms with Gasteiger partial charge in [0.15, 0.2) is 17.7 Å². The Hall–Kier alpha value is -4.24. The first-order valence-corrected chi connectivity index (χ1v) is 14.6. The van der Waals surface area contributed by atoms with Crippen LogP contribution in [0.5, 0.6) is 5.75 Å². The highest BCUT2D eigenvalue weighted by atomic mass is 19.1. The summed E-state index contributed by atoms with van der Waals surface area (Å²) in [5.74, 6) is -1.62. The summed E-state index contributed by atoms with van der Waals surface area (Å²) in [4.78, 5) is 33.4. The molecule has 0 fully saturated rings. The minimum absolute atomic E-state index is 0.182. The fraction of sp³-hybridized carbons (Fsp3) is 0.382. The molecule has 0 radical (unpaired) electrons. The molecule has 6 rings (SSSR count). The van der Waals surface area contributed by atoms with Gasteiger partial charge in [-0.1, -0.05) is 18.2 Å². The van der Waals surface area contributed by atoms with Gasteiger partial charge in [-0.15, -0.1) is 0 Å². The number of anilines is 1. The van der Waals surface area contributed by atoms with Crippen molar-refractivity contribution >= 4 is 28.6 Å². The van der Waals surface area contributed by atoms with E-state index >= 15 is 4.39 Å². The molecule has 8 nitrogen and oxygen atoms in total. The van der Waals surface area contributed by atoms with E-state index in [-0.39, 0.29) is 11.7 Å². The molecular weight excluding hydrogens is 549 g/mol. The third kappa shape index (κ3) is 4.85. The number of aromatic nitrogens is 2. The number of aliphatic carboxylic acids is 1. The van der Waals surface area contributed by atoms with Crippen LogP contribution in [0.25, 0.3) is 22.2 Å². The first-order valence-electron chi connectivity index (χ1n) is 14.6. The number of ether oxygens (including phenoxy) is 2. The number of carbonyl (C=O) groups is 2. The molecule has 4 aromatic rings. The zero-order chi connectivity index (χ0) is 30.8. The van der Waals surface area contributed by atoms with Gasteiger partial charge in [-0.05, 0) is 88.8 Å². The van der Waals surface area contributed by atoms with Crippen molar-refractivity contribution in [1.82, 2.24) is 9.55 Å². The molecule has 0 aliphatic carbocycles. The smallest absolute Gasteiger partial charge is 0.337 e. The summed E-state index contributed by atoms with van der Waals surface area (Å²) in [6, 6.07) is 11.0. The molecule has 0 spiro atoms. The van der Waals surface area contributed by atoms with Gasteiger partial charge in [0.05, 0.1) is 12.2 Å². The summed E-state index contributed by atoms with van der Waals surface area (Å²) in [5, 5.41) is 11.0. The Labute approximate surface area is 250 Å². The highest BCUT2D eigenvalue weighted by Gasteiger charge is 2.35. The van der Waals surface area contributed by atoms with E-state index in [1.807, 2.05) is 31.2 Å². The van der Waals surface area contributed by atoms with Crippen LogP contribution in [-0.2, 0) is 29.4 Å². The number of nitrogens with zero attached hydrogens (tertiary/aromatic N) is 3. The number of aryl methyl sites for hydroxylation is 2. The van der Waals surface area contributed by atoms with Gasteiger partial charge in [0.1, 0.15) is 11.3 Å². The van der Waals surface area contributed by atoms with Gasteiger partial charge in [-0.2, -0.15) is 0 Å². The minimum atomic E-state index is -1.38. The molecule has 2 aromatic carbocycles. The zero-order valence-electron chi connectivity index (χ0n) is 25.4. The van der Waals surface area contributed by atoms with Crippen molar-refractivity contribution in [2.75, 3.05) is 18.1 Å². The lowest BCUT2D eigenvalue weighted by molar-refractivity contribution is -0.160. The van der Waals surface area contributed by atoms with E-state index in [9.17, 15) is 14.7 Å². The number of hydrogen-bond donors (Lipinski definition) is 1. The lowest BCUT2D eigenvalue weighted by atomic mass is 9.86. The topological polar surface area (TPSA) is 93.9 Å². The molecule has 1 amide bonds. The molecule has 2 aliphatic heterocycles. The van der Waals surface area contributed by atoms with E-state index in [1.165, 1.54) is 6.07 Å². The Morgan fingerprint density at radius 3 is 2.60 bits per heavy atom. The van der Waals surface area contributed by atoms with Crippen molar-refractivity contribution in [2.24, 2.45) is 7.05 Å². The van der Waals surface area contributed by atoms with E-state index in [2.05, 4.69) is 0 Å². The molecule has 0 saturated heterocycles. The van der Waals surface area contributed by atoms with Crippen molar-refractivity contribution in [3.63, 3.8) is 0 Å². The number of benzene rings is 2. The third-order valence-electron chi connectivity index (χ3n) is 8.42. The van der Waals surface area contributed by atoms with Crippen LogP contribution < -0.4 is 9.64 Å². The van der Waals surface area contributed by atoms with Crippen molar-refractivity contribution in [1.29, 1.82) is 0 Å². The lowest BCUT2D eigenvalue weighted by Crippen LogP contribution is -2.30. The van der Waals surface area contributed by atoms with Gasteiger partial charge in [0.2, 0.25) is 0 Å². The standard InChI is InChI=1S/C34H36FN3O5/c1-18-21-11-9-15-42-29(21)24(35)16-22(18)28-23-17-26(32(39)38-14-13-20-10-7-8-12-25(20)38)37(6)31(23)36-19(2)27(28)30(33(40)41)43-34(3,4)5/h7-8,10,12,16-17,30H,9,11,13-15H2,1-6H3,(H,40,41)/t30-/m0/s1. The second kappa shape index (κ2) is 10.5. The van der Waals surface area contributed by atoms with Gasteiger partial charge in [0, 0.05) is 47.1 Å². The molecule has 43 heavy (non-hydrogen) atoms. The Morgan fingerprint density at radius 1 is 1.14 bits per heavy atom. The predicted octanol–water partition coefficient (Wildman–Crippen LogP) is 6.46. The van der Waals surface area contributed by atoms with Crippen molar-refractivity contribution in [3.8, 4) is 16.9 Å². The van der Waals surface area contributed by atoms with Crippen molar-refractivity contribution in [3.05, 3.63) is 75.9 Å². The number of rotatable bonds is 5. The normalized spacial score (nSPS) is 15.3. The first-order chi connectivity index (χ1) is 20.4. The number of carboxylic acids is 1. The monoisotopic (exact) mass is 585 g/mol. The van der Waals surface area contributed by atoms with E-state index in [0.29, 0.717) is 58.7 Å². The van der Waals surface area contributed by atoms with Crippen molar-refractivity contribution < 1.29 is 28.6 Å². The second-order valence-electron chi connectivity index (χ2n) is 12.4. The molecule has 9 heteroatoms. The zero-order valence-corrected chi connectivity index (χ0v) is 25.4. The van der Waals surface area contributed by atoms with Crippen LogP contribution in [0.2, 0.25) is 0 Å². The second-order valence-corrected chi connectivity index (χ2v) is 12.4. The van der Waals surface area contributed by atoms with Crippen LogP contribution in [0, 0.1) is 19.7 Å². The van der Waals surface area contributed by atoms with Crippen LogP contribution in [0.1, 0.15) is 71.7 Å². The average Bonchev–Trinajstić information content (AvgIpc) is 3.54. The quantitative estimate of drug-likeness (QED) is 0.289. The van der Waals surface area contributed by atoms with Gasteiger partial charge < -0.3 is 24.0 Å². The highest BCUT2D eigenvalue weighted by molar-refractivity contribution is 6.11. The average molecular weight is 586 g/mol. The summed E-state index contributed by atoms with van der Waals surface area (Å²) in [7, 11) is 1.78. The summed E-state index contributed by atoms with van der Waals surface area (Å²) in [6.45, 7) is 10.0. The first kappa shape index (κ1) is 28.9. The van der Waals surface area contributed by atoms with Crippen LogP contribution in [0.4, 0.5) is 10.1 Å². The molecule has 1 N–H and O–H groups in total. The molecule has 2 aromatic heterocycles. The fourth-order valence-corrected chi connectivity index (χ4v) is 6.46. The van der Waals surface area contributed by atoms with E-state index < -0.39 is 23.5 Å². The van der Waals surface area contributed by atoms with E-state index in [1.54, 1.807) is 50.3 Å². The van der Waals surface area contributed by atoms with Crippen LogP contribution in [0.15, 0.2) is 36.4 Å². The Balaban J connectivity index is 1.64. The number of amides is 1. The summed E-state index contributed by atoms with van der Waals surface area (Å²) < 4.78 is 29.2. The number of fused-ring (bicyclic) bond motifs is 3. The number of pyridine rings is 1. The maximum absolute atomic E-state index is 15.7. The number of para-hydroxylation sites is 1. The largest absolute Gasteiger partial charge is 0.490 e. The van der Waals surface area contributed by atoms with Gasteiger partial charge in [-0.3, -0.25) is 4.79 Å².